The van der Waals surface area contributed by atoms with Crippen LogP contribution in [0.25, 0.3) is 0 Å². The average molecular weight is 319 g/mol. The van der Waals surface area contributed by atoms with Gasteiger partial charge in [0.15, 0.2) is 6.29 Å². The molecule has 120 valence electrons. The number of nitrogens with one attached hydrogen (secondary N) is 1. The molecule has 1 saturated heterocycles. The molecule has 9 nitrogen and oxygen atoms in total. The molecule has 1 aliphatic rings. The van der Waals surface area contributed by atoms with Crippen LogP contribution in [0.5, 0.6) is 0 Å². The molecule has 1 aromatic carbocycles. The van der Waals surface area contributed by atoms with Crippen molar-refractivity contribution in [2.45, 2.75) is 18.9 Å². The summed E-state index contributed by atoms with van der Waals surface area (Å²) in [6.07, 6.45) is 0.478. The monoisotopic (exact) mass is 319 g/mol. The molecule has 0 saturated carbocycles. The van der Waals surface area contributed by atoms with Crippen LogP contribution in [0.4, 0.5) is 5.69 Å². The standard InChI is InChI=1S/C14H13N3O6/c1-16(11-5-6-12(19)15-13(11)20)14(21)8-3-2-4-10(17(22)23)9(8)7-18/h2-4,7,11H,5-6H2,1H3,(H,15,19,20). The second kappa shape index (κ2) is 6.34. The lowest BCUT2D eigenvalue weighted by Crippen LogP contribution is -2.53. The normalized spacial score (nSPS) is 17.3. The zero-order chi connectivity index (χ0) is 17.1. The Bertz CT molecular complexity index is 714. The molecule has 2 rings (SSSR count). The zero-order valence-electron chi connectivity index (χ0n) is 12.1. The minimum atomic E-state index is -0.876. The fourth-order valence-corrected chi connectivity index (χ4v) is 2.41. The maximum atomic E-state index is 12.5. The molecular weight excluding hydrogens is 306 g/mol. The minimum Gasteiger partial charge on any atom is -0.330 e. The predicted molar refractivity (Wildman–Crippen MR) is 76.7 cm³/mol. The summed E-state index contributed by atoms with van der Waals surface area (Å²) in [5.74, 6) is -1.74. The first kappa shape index (κ1) is 16.3. The number of piperidine rings is 1. The van der Waals surface area contributed by atoms with Gasteiger partial charge >= 0.3 is 0 Å². The van der Waals surface area contributed by atoms with Crippen LogP contribution in [0, 0.1) is 10.1 Å². The van der Waals surface area contributed by atoms with Crippen molar-refractivity contribution in [1.82, 2.24) is 10.2 Å². The summed E-state index contributed by atoms with van der Waals surface area (Å²) in [5.41, 5.74) is -0.995. The lowest BCUT2D eigenvalue weighted by Gasteiger charge is -2.29. The lowest BCUT2D eigenvalue weighted by atomic mass is 10.0. The first-order valence-electron chi connectivity index (χ1n) is 6.70. The van der Waals surface area contributed by atoms with Gasteiger partial charge in [-0.25, -0.2) is 0 Å². The van der Waals surface area contributed by atoms with Crippen LogP contribution in [0.3, 0.4) is 0 Å². The van der Waals surface area contributed by atoms with Crippen LogP contribution in [-0.4, -0.2) is 46.9 Å². The summed E-state index contributed by atoms with van der Waals surface area (Å²) in [6, 6.07) is 2.81. The number of likely N-dealkylation sites (N-methyl/N-ethyl adjacent to an activating group) is 1. The van der Waals surface area contributed by atoms with E-state index in [9.17, 15) is 29.3 Å². The van der Waals surface area contributed by atoms with E-state index in [1.165, 1.54) is 19.2 Å². The molecule has 0 aromatic heterocycles. The van der Waals surface area contributed by atoms with E-state index in [-0.39, 0.29) is 30.3 Å². The molecule has 1 fully saturated rings. The van der Waals surface area contributed by atoms with E-state index in [0.29, 0.717) is 0 Å². The highest BCUT2D eigenvalue weighted by atomic mass is 16.6. The Balaban J connectivity index is 2.35. The van der Waals surface area contributed by atoms with Gasteiger partial charge in [-0.1, -0.05) is 6.07 Å². The summed E-state index contributed by atoms with van der Waals surface area (Å²) in [6.45, 7) is 0. The fourth-order valence-electron chi connectivity index (χ4n) is 2.41. The van der Waals surface area contributed by atoms with Gasteiger partial charge in [0, 0.05) is 19.5 Å². The van der Waals surface area contributed by atoms with E-state index in [0.717, 1.165) is 11.0 Å². The van der Waals surface area contributed by atoms with Crippen LogP contribution in [0.15, 0.2) is 18.2 Å². The quantitative estimate of drug-likeness (QED) is 0.368. The van der Waals surface area contributed by atoms with Gasteiger partial charge in [0.05, 0.1) is 10.5 Å². The Morgan fingerprint density at radius 3 is 2.70 bits per heavy atom. The number of imide groups is 1. The summed E-state index contributed by atoms with van der Waals surface area (Å²) in [7, 11) is 1.34. The lowest BCUT2D eigenvalue weighted by molar-refractivity contribution is -0.385. The highest BCUT2D eigenvalue weighted by Gasteiger charge is 2.34. The molecule has 1 heterocycles. The molecule has 0 aliphatic carbocycles. The smallest absolute Gasteiger partial charge is 0.280 e. The van der Waals surface area contributed by atoms with E-state index in [1.54, 1.807) is 0 Å². The summed E-state index contributed by atoms with van der Waals surface area (Å²) in [5, 5.41) is 13.1. The first-order valence-corrected chi connectivity index (χ1v) is 6.70. The third kappa shape index (κ3) is 3.07. The molecule has 1 atom stereocenters. The Hall–Kier alpha value is -3.10. The van der Waals surface area contributed by atoms with E-state index in [2.05, 4.69) is 5.32 Å². The molecule has 1 aromatic rings. The topological polar surface area (TPSA) is 127 Å². The van der Waals surface area contributed by atoms with Gasteiger partial charge in [-0.3, -0.25) is 34.6 Å². The molecule has 1 N–H and O–H groups in total. The third-order valence-electron chi connectivity index (χ3n) is 3.63. The van der Waals surface area contributed by atoms with Crippen molar-refractivity contribution in [3.05, 3.63) is 39.4 Å². The molecule has 0 bridgehead atoms. The van der Waals surface area contributed by atoms with Gasteiger partial charge in [-0.15, -0.1) is 0 Å². The highest BCUT2D eigenvalue weighted by Crippen LogP contribution is 2.23. The van der Waals surface area contributed by atoms with Crippen LogP contribution >= 0.6 is 0 Å². The number of aldehydes is 1. The van der Waals surface area contributed by atoms with E-state index >= 15 is 0 Å². The Kier molecular flexibility index (Phi) is 4.49. The summed E-state index contributed by atoms with van der Waals surface area (Å²) in [4.78, 5) is 57.9. The van der Waals surface area contributed by atoms with Crippen molar-refractivity contribution in [1.29, 1.82) is 0 Å². The second-order valence-electron chi connectivity index (χ2n) is 5.00. The van der Waals surface area contributed by atoms with Crippen LogP contribution in [0.2, 0.25) is 0 Å². The number of rotatable bonds is 4. The number of benzene rings is 1. The van der Waals surface area contributed by atoms with Crippen molar-refractivity contribution in [2.75, 3.05) is 7.05 Å². The number of nitro benzene ring substituents is 1. The number of nitro groups is 1. The second-order valence-corrected chi connectivity index (χ2v) is 5.00. The number of hydrogen-bond donors (Lipinski definition) is 1. The van der Waals surface area contributed by atoms with Crippen molar-refractivity contribution >= 4 is 29.7 Å². The molecule has 0 spiro atoms. The maximum Gasteiger partial charge on any atom is 0.280 e. The first-order chi connectivity index (χ1) is 10.9. The van der Waals surface area contributed by atoms with Crippen molar-refractivity contribution < 1.29 is 24.1 Å². The van der Waals surface area contributed by atoms with Crippen molar-refractivity contribution in [3.8, 4) is 0 Å². The van der Waals surface area contributed by atoms with Crippen LogP contribution in [-0.2, 0) is 9.59 Å². The highest BCUT2D eigenvalue weighted by molar-refractivity contribution is 6.07. The van der Waals surface area contributed by atoms with Crippen molar-refractivity contribution in [2.24, 2.45) is 0 Å². The zero-order valence-corrected chi connectivity index (χ0v) is 12.1. The average Bonchev–Trinajstić information content (AvgIpc) is 2.52. The van der Waals surface area contributed by atoms with Gasteiger partial charge in [0.2, 0.25) is 11.8 Å². The van der Waals surface area contributed by atoms with Gasteiger partial charge in [0.1, 0.15) is 11.6 Å². The largest absolute Gasteiger partial charge is 0.330 e. The molecule has 23 heavy (non-hydrogen) atoms. The predicted octanol–water partition coefficient (Wildman–Crippen LogP) is 0.285. The van der Waals surface area contributed by atoms with Gasteiger partial charge in [0.25, 0.3) is 11.6 Å². The fraction of sp³-hybridized carbons (Fsp3) is 0.286. The molecule has 3 amide bonds. The SMILES string of the molecule is CN(C(=O)c1cccc([N+](=O)[O-])c1C=O)C1CCC(=O)NC1=O. The van der Waals surface area contributed by atoms with Crippen LogP contribution in [0.1, 0.15) is 33.6 Å². The third-order valence-corrected chi connectivity index (χ3v) is 3.63. The van der Waals surface area contributed by atoms with E-state index in [1.807, 2.05) is 0 Å². The summed E-state index contributed by atoms with van der Waals surface area (Å²) >= 11 is 0. The number of amides is 3. The molecular formula is C14H13N3O6. The van der Waals surface area contributed by atoms with E-state index < -0.39 is 34.4 Å². The van der Waals surface area contributed by atoms with Gasteiger partial charge in [-0.05, 0) is 12.5 Å². The minimum absolute atomic E-state index is 0.0868. The van der Waals surface area contributed by atoms with Crippen molar-refractivity contribution in [3.63, 3.8) is 0 Å². The number of carbonyl (C=O) groups is 4. The molecule has 1 aliphatic heterocycles. The van der Waals surface area contributed by atoms with Crippen LogP contribution < -0.4 is 5.32 Å². The maximum absolute atomic E-state index is 12.5. The molecule has 0 radical (unpaired) electrons. The molecule has 9 heteroatoms. The Morgan fingerprint density at radius 1 is 1.43 bits per heavy atom. The Morgan fingerprint density at radius 2 is 2.13 bits per heavy atom. The van der Waals surface area contributed by atoms with E-state index in [4.69, 9.17) is 0 Å². The number of nitrogens with zero attached hydrogens (tertiary/aromatic N) is 2. The molecule has 1 unspecified atom stereocenters. The number of carbonyl (C=O) groups excluding carboxylic acids is 4. The van der Waals surface area contributed by atoms with Gasteiger partial charge in [-0.2, -0.15) is 0 Å². The summed E-state index contributed by atoms with van der Waals surface area (Å²) < 4.78 is 0. The number of hydrogen-bond acceptors (Lipinski definition) is 6. The Labute approximate surface area is 130 Å². The van der Waals surface area contributed by atoms with Gasteiger partial charge < -0.3 is 4.90 Å².